The number of alkyl halides is 3. The number of carbonyl (C=O) groups excluding carboxylic acids is 1. The van der Waals surface area contributed by atoms with Crippen LogP contribution in [-0.2, 0) is 14.8 Å². The number of thiazole rings is 1. The van der Waals surface area contributed by atoms with E-state index in [9.17, 15) is 26.4 Å². The molecule has 0 unspecified atom stereocenters. The van der Waals surface area contributed by atoms with Gasteiger partial charge in [-0.05, 0) is 65.2 Å². The molecule has 1 aliphatic rings. The summed E-state index contributed by atoms with van der Waals surface area (Å²) < 4.78 is 77.2. The molecule has 0 saturated carbocycles. The van der Waals surface area contributed by atoms with Crippen LogP contribution in [0.3, 0.4) is 0 Å². The van der Waals surface area contributed by atoms with Gasteiger partial charge in [0.1, 0.15) is 16.2 Å². The predicted molar refractivity (Wildman–Crippen MR) is 175 cm³/mol. The lowest BCUT2D eigenvalue weighted by Crippen LogP contribution is -2.47. The van der Waals surface area contributed by atoms with Crippen molar-refractivity contribution in [2.45, 2.75) is 65.3 Å². The van der Waals surface area contributed by atoms with Crippen LogP contribution >= 0.6 is 11.3 Å². The van der Waals surface area contributed by atoms with Crippen molar-refractivity contribution in [1.82, 2.24) is 19.9 Å². The molecule has 47 heavy (non-hydrogen) atoms. The molecule has 3 heterocycles. The minimum absolute atomic E-state index is 0.00356. The quantitative estimate of drug-likeness (QED) is 0.195. The Labute approximate surface area is 274 Å². The second-order valence-electron chi connectivity index (χ2n) is 12.2. The number of hydrogen-bond donors (Lipinski definition) is 2. The monoisotopic (exact) mass is 692 g/mol. The van der Waals surface area contributed by atoms with E-state index >= 15 is 0 Å². The average molecular weight is 693 g/mol. The lowest BCUT2D eigenvalue weighted by atomic mass is 10.0. The number of carbonyl (C=O) groups is 1. The van der Waals surface area contributed by atoms with Gasteiger partial charge in [0.2, 0.25) is 21.9 Å². The predicted octanol–water partition coefficient (Wildman–Crippen LogP) is 7.28. The maximum atomic E-state index is 12.9. The number of likely N-dealkylation sites (tertiary alicyclic amines) is 1. The Hall–Kier alpha value is -4.18. The van der Waals surface area contributed by atoms with Crippen molar-refractivity contribution in [3.8, 4) is 22.2 Å². The third-order valence-corrected chi connectivity index (χ3v) is 9.21. The molecule has 4 aromatic rings. The number of fused-ring (bicyclic) bond motifs is 1. The molecule has 0 bridgehead atoms. The van der Waals surface area contributed by atoms with E-state index in [-0.39, 0.29) is 23.7 Å². The summed E-state index contributed by atoms with van der Waals surface area (Å²) in [7, 11) is -4.71. The summed E-state index contributed by atoms with van der Waals surface area (Å²) in [5.74, 6) is -1.02. The van der Waals surface area contributed by atoms with E-state index in [4.69, 9.17) is 14.5 Å². The van der Waals surface area contributed by atoms with Gasteiger partial charge in [0.25, 0.3) is 0 Å². The van der Waals surface area contributed by atoms with Crippen molar-refractivity contribution >= 4 is 49.9 Å². The average Bonchev–Trinajstić information content (AvgIpc) is 3.33. The zero-order valence-corrected chi connectivity index (χ0v) is 28.1. The number of nitrogens with one attached hydrogen (secondary N) is 2. The van der Waals surface area contributed by atoms with Crippen molar-refractivity contribution in [2.24, 2.45) is 0 Å². The number of hydrogen-bond acceptors (Lipinski definition) is 10. The van der Waals surface area contributed by atoms with Gasteiger partial charge in [-0.15, -0.1) is 11.3 Å². The van der Waals surface area contributed by atoms with Crippen molar-refractivity contribution in [3.05, 3.63) is 53.2 Å². The summed E-state index contributed by atoms with van der Waals surface area (Å²) in [6, 6.07) is 9.72. The van der Waals surface area contributed by atoms with Gasteiger partial charge in [-0.25, -0.2) is 28.2 Å². The highest BCUT2D eigenvalue weighted by Crippen LogP contribution is 2.42. The SMILES string of the molecule is Cc1nc(Oc2c(C)cc(NS(=O)(=O)CC(F)(F)F)c3ccccc23)c(-c2ccnc(N[C@H]3CCCN(C(=O)OC(C)(C)C)C3)n2)s1. The molecule has 0 spiro atoms. The molecule has 1 atom stereocenters. The third-order valence-electron chi connectivity index (χ3n) is 7.00. The number of benzene rings is 2. The van der Waals surface area contributed by atoms with Crippen LogP contribution in [0.15, 0.2) is 42.6 Å². The van der Waals surface area contributed by atoms with E-state index < -0.39 is 27.6 Å². The lowest BCUT2D eigenvalue weighted by Gasteiger charge is -2.34. The number of halogens is 3. The number of piperidine rings is 1. The minimum atomic E-state index is -4.90. The van der Waals surface area contributed by atoms with Gasteiger partial charge in [0, 0.05) is 36.1 Å². The normalized spacial score (nSPS) is 15.8. The summed E-state index contributed by atoms with van der Waals surface area (Å²) >= 11 is 1.36. The van der Waals surface area contributed by atoms with Crippen molar-refractivity contribution in [2.75, 3.05) is 28.9 Å². The first-order chi connectivity index (χ1) is 22.0. The van der Waals surface area contributed by atoms with Gasteiger partial charge < -0.3 is 19.7 Å². The van der Waals surface area contributed by atoms with Crippen LogP contribution in [0, 0.1) is 13.8 Å². The summed E-state index contributed by atoms with van der Waals surface area (Å²) in [4.78, 5) is 28.6. The molecule has 2 aromatic carbocycles. The first-order valence-electron chi connectivity index (χ1n) is 14.8. The fourth-order valence-corrected chi connectivity index (χ4v) is 7.01. The van der Waals surface area contributed by atoms with Crippen LogP contribution in [0.5, 0.6) is 11.6 Å². The molecule has 0 radical (unpaired) electrons. The van der Waals surface area contributed by atoms with Gasteiger partial charge in [-0.3, -0.25) is 4.72 Å². The summed E-state index contributed by atoms with van der Waals surface area (Å²) in [5.41, 5.74) is 0.426. The van der Waals surface area contributed by atoms with Gasteiger partial charge in [-0.1, -0.05) is 24.3 Å². The van der Waals surface area contributed by atoms with Gasteiger partial charge in [0.05, 0.1) is 16.4 Å². The van der Waals surface area contributed by atoms with Crippen LogP contribution < -0.4 is 14.8 Å². The number of anilines is 2. The van der Waals surface area contributed by atoms with Gasteiger partial charge in [0.15, 0.2) is 5.75 Å². The van der Waals surface area contributed by atoms with Crippen molar-refractivity contribution < 1.29 is 35.9 Å². The zero-order valence-electron chi connectivity index (χ0n) is 26.4. The molecule has 1 saturated heterocycles. The molecule has 252 valence electrons. The molecule has 2 N–H and O–H groups in total. The molecule has 0 aliphatic carbocycles. The minimum Gasteiger partial charge on any atom is -0.444 e. The number of sulfonamides is 1. The van der Waals surface area contributed by atoms with Crippen LogP contribution in [-0.4, -0.2) is 71.0 Å². The Morgan fingerprint density at radius 1 is 1.11 bits per heavy atom. The first-order valence-corrected chi connectivity index (χ1v) is 17.3. The topological polar surface area (TPSA) is 136 Å². The summed E-state index contributed by atoms with van der Waals surface area (Å²) in [6.45, 7) is 10.0. The number of rotatable bonds is 8. The fraction of sp³-hybridized carbons (Fsp3) is 0.419. The number of aromatic nitrogens is 3. The lowest BCUT2D eigenvalue weighted by molar-refractivity contribution is -0.106. The van der Waals surface area contributed by atoms with E-state index in [0.29, 0.717) is 56.7 Å². The fourth-order valence-electron chi connectivity index (χ4n) is 5.19. The Kier molecular flexibility index (Phi) is 9.55. The zero-order chi connectivity index (χ0) is 34.1. The van der Waals surface area contributed by atoms with Crippen molar-refractivity contribution in [1.29, 1.82) is 0 Å². The summed E-state index contributed by atoms with van der Waals surface area (Å²) in [6.07, 6.45) is -2.05. The second-order valence-corrected chi connectivity index (χ2v) is 15.2. The molecule has 1 aliphatic heterocycles. The van der Waals surface area contributed by atoms with Crippen LogP contribution in [0.1, 0.15) is 44.2 Å². The van der Waals surface area contributed by atoms with Crippen LogP contribution in [0.2, 0.25) is 0 Å². The maximum Gasteiger partial charge on any atom is 0.410 e. The van der Waals surface area contributed by atoms with E-state index in [1.807, 2.05) is 27.7 Å². The standard InChI is InChI=1S/C31H35F3N6O5S2/c1-18-15-24(39-47(42,43)17-31(32,33)34)21-10-6-7-11-22(21)25(18)44-27-26(46-19(2)36-27)23-12-13-35-28(38-23)37-20-9-8-14-40(16-20)29(41)45-30(3,4)5/h6-7,10-13,15,20,39H,8-9,14,16-17H2,1-5H3,(H,35,37,38)/t20-/m0/s1. The molecular weight excluding hydrogens is 658 g/mol. The van der Waals surface area contributed by atoms with Crippen molar-refractivity contribution in [3.63, 3.8) is 0 Å². The molecule has 1 fully saturated rings. The first kappa shape index (κ1) is 34.2. The third kappa shape index (κ3) is 8.80. The van der Waals surface area contributed by atoms with E-state index in [0.717, 1.165) is 12.8 Å². The van der Waals surface area contributed by atoms with E-state index in [2.05, 4.69) is 20.0 Å². The number of nitrogens with zero attached hydrogens (tertiary/aromatic N) is 4. The van der Waals surface area contributed by atoms with Gasteiger partial charge >= 0.3 is 12.3 Å². The molecule has 16 heteroatoms. The van der Waals surface area contributed by atoms with Gasteiger partial charge in [-0.2, -0.15) is 13.2 Å². The highest BCUT2D eigenvalue weighted by molar-refractivity contribution is 7.92. The number of aryl methyl sites for hydroxylation is 2. The smallest absolute Gasteiger partial charge is 0.410 e. The highest BCUT2D eigenvalue weighted by Gasteiger charge is 2.35. The Bertz CT molecular complexity index is 1890. The molecule has 11 nitrogen and oxygen atoms in total. The maximum absolute atomic E-state index is 12.9. The Morgan fingerprint density at radius 3 is 2.53 bits per heavy atom. The molecular formula is C31H35F3N6O5S2. The number of amides is 1. The summed E-state index contributed by atoms with van der Waals surface area (Å²) in [5, 5.41) is 4.86. The van der Waals surface area contributed by atoms with E-state index in [1.165, 1.54) is 17.4 Å². The molecule has 2 aromatic heterocycles. The second kappa shape index (κ2) is 13.1. The largest absolute Gasteiger partial charge is 0.444 e. The van der Waals surface area contributed by atoms with Crippen LogP contribution in [0.4, 0.5) is 29.6 Å². The van der Waals surface area contributed by atoms with E-state index in [1.54, 1.807) is 48.4 Å². The number of ether oxygens (including phenoxy) is 2. The molecule has 1 amide bonds. The highest BCUT2D eigenvalue weighted by atomic mass is 32.2. The Morgan fingerprint density at radius 2 is 1.83 bits per heavy atom. The molecule has 5 rings (SSSR count). The Balaban J connectivity index is 1.40. The van der Waals surface area contributed by atoms with Crippen LogP contribution in [0.25, 0.3) is 21.3 Å².